The molecule has 0 saturated heterocycles. The molecule has 4 heteroatoms. The summed E-state index contributed by atoms with van der Waals surface area (Å²) in [5.41, 5.74) is 2.53. The number of aromatic nitrogens is 1. The first-order chi connectivity index (χ1) is 9.66. The zero-order chi connectivity index (χ0) is 14.1. The number of hydrogen-bond acceptors (Lipinski definition) is 2. The molecule has 106 valence electrons. The van der Waals surface area contributed by atoms with Gasteiger partial charge in [-0.1, -0.05) is 31.0 Å². The molecule has 1 aromatic carbocycles. The van der Waals surface area contributed by atoms with Crippen molar-refractivity contribution < 1.29 is 9.90 Å². The third-order valence-electron chi connectivity index (χ3n) is 4.17. The molecule has 4 nitrogen and oxygen atoms in total. The predicted molar refractivity (Wildman–Crippen MR) is 78.8 cm³/mol. The maximum absolute atomic E-state index is 12.5. The van der Waals surface area contributed by atoms with Crippen LogP contribution in [0.2, 0.25) is 0 Å². The summed E-state index contributed by atoms with van der Waals surface area (Å²) in [6.07, 6.45) is 3.32. The van der Waals surface area contributed by atoms with Crippen LogP contribution >= 0.6 is 0 Å². The lowest BCUT2D eigenvalue weighted by Crippen LogP contribution is -2.45. The maximum atomic E-state index is 12.5. The van der Waals surface area contributed by atoms with Crippen LogP contribution in [-0.4, -0.2) is 28.1 Å². The van der Waals surface area contributed by atoms with Crippen molar-refractivity contribution in [1.29, 1.82) is 0 Å². The van der Waals surface area contributed by atoms with Gasteiger partial charge in [0.2, 0.25) is 0 Å². The van der Waals surface area contributed by atoms with Crippen LogP contribution in [0.1, 0.15) is 41.7 Å². The van der Waals surface area contributed by atoms with Gasteiger partial charge in [0.25, 0.3) is 5.91 Å². The quantitative estimate of drug-likeness (QED) is 0.786. The molecule has 0 aliphatic heterocycles. The first-order valence-corrected chi connectivity index (χ1v) is 7.23. The number of H-pyrrole nitrogens is 1. The van der Waals surface area contributed by atoms with E-state index < -0.39 is 6.10 Å². The molecule has 0 radical (unpaired) electrons. The lowest BCUT2D eigenvalue weighted by atomic mass is 9.92. The number of aryl methyl sites for hydroxylation is 1. The van der Waals surface area contributed by atoms with E-state index in [1.165, 1.54) is 0 Å². The van der Waals surface area contributed by atoms with Gasteiger partial charge in [0.05, 0.1) is 17.7 Å². The van der Waals surface area contributed by atoms with Crippen molar-refractivity contribution in [3.63, 3.8) is 0 Å². The van der Waals surface area contributed by atoms with Crippen molar-refractivity contribution in [3.05, 3.63) is 35.5 Å². The second-order valence-corrected chi connectivity index (χ2v) is 5.60. The van der Waals surface area contributed by atoms with Gasteiger partial charge in [-0.2, -0.15) is 0 Å². The SMILES string of the molecule is Cc1[nH]c2ccccc2c1C(=O)N[C@H]1CCCC[C@@H]1O. The average Bonchev–Trinajstić information content (AvgIpc) is 2.77. The summed E-state index contributed by atoms with van der Waals surface area (Å²) in [6.45, 7) is 1.91. The molecule has 1 fully saturated rings. The first kappa shape index (κ1) is 13.2. The van der Waals surface area contributed by atoms with E-state index in [2.05, 4.69) is 10.3 Å². The lowest BCUT2D eigenvalue weighted by molar-refractivity contribution is 0.0718. The fraction of sp³-hybridized carbons (Fsp3) is 0.438. The molecule has 1 aliphatic rings. The summed E-state index contributed by atoms with van der Waals surface area (Å²) in [7, 11) is 0. The van der Waals surface area contributed by atoms with Crippen LogP contribution in [0.15, 0.2) is 24.3 Å². The zero-order valence-corrected chi connectivity index (χ0v) is 11.6. The highest BCUT2D eigenvalue weighted by atomic mass is 16.3. The molecule has 1 saturated carbocycles. The van der Waals surface area contributed by atoms with E-state index in [1.54, 1.807) is 0 Å². The van der Waals surface area contributed by atoms with E-state index in [-0.39, 0.29) is 11.9 Å². The summed E-state index contributed by atoms with van der Waals surface area (Å²) >= 11 is 0. The van der Waals surface area contributed by atoms with Crippen molar-refractivity contribution in [2.75, 3.05) is 0 Å². The molecule has 2 atom stereocenters. The lowest BCUT2D eigenvalue weighted by Gasteiger charge is -2.28. The van der Waals surface area contributed by atoms with Crippen LogP contribution in [0.3, 0.4) is 0 Å². The van der Waals surface area contributed by atoms with Gasteiger partial charge in [-0.3, -0.25) is 4.79 Å². The third-order valence-corrected chi connectivity index (χ3v) is 4.17. The van der Waals surface area contributed by atoms with Gasteiger partial charge in [0.15, 0.2) is 0 Å². The largest absolute Gasteiger partial charge is 0.391 e. The van der Waals surface area contributed by atoms with E-state index in [0.717, 1.165) is 42.3 Å². The molecule has 2 aromatic rings. The molecule has 1 aromatic heterocycles. The van der Waals surface area contributed by atoms with Gasteiger partial charge >= 0.3 is 0 Å². The van der Waals surface area contributed by atoms with Gasteiger partial charge in [0.1, 0.15) is 0 Å². The topological polar surface area (TPSA) is 65.1 Å². The number of aliphatic hydroxyl groups excluding tert-OH is 1. The van der Waals surface area contributed by atoms with Crippen LogP contribution in [0.25, 0.3) is 10.9 Å². The molecule has 3 rings (SSSR count). The molecule has 1 aliphatic carbocycles. The summed E-state index contributed by atoms with van der Waals surface area (Å²) < 4.78 is 0. The summed E-state index contributed by atoms with van der Waals surface area (Å²) in [5.74, 6) is -0.0918. The molecule has 3 N–H and O–H groups in total. The van der Waals surface area contributed by atoms with Crippen LogP contribution in [0, 0.1) is 6.92 Å². The number of amides is 1. The molecule has 1 heterocycles. The van der Waals surface area contributed by atoms with E-state index >= 15 is 0 Å². The van der Waals surface area contributed by atoms with Crippen LogP contribution < -0.4 is 5.32 Å². The Morgan fingerprint density at radius 2 is 2.05 bits per heavy atom. The van der Waals surface area contributed by atoms with Crippen molar-refractivity contribution >= 4 is 16.8 Å². The Labute approximate surface area is 118 Å². The highest BCUT2D eigenvalue weighted by Gasteiger charge is 2.26. The number of hydrogen-bond donors (Lipinski definition) is 3. The number of aliphatic hydroxyl groups is 1. The number of benzene rings is 1. The Balaban J connectivity index is 1.87. The van der Waals surface area contributed by atoms with Gasteiger partial charge in [0, 0.05) is 16.6 Å². The van der Waals surface area contributed by atoms with Crippen molar-refractivity contribution in [2.24, 2.45) is 0 Å². The Hall–Kier alpha value is -1.81. The smallest absolute Gasteiger partial charge is 0.254 e. The summed E-state index contributed by atoms with van der Waals surface area (Å²) in [4.78, 5) is 15.7. The average molecular weight is 272 g/mol. The molecule has 0 unspecified atom stereocenters. The maximum Gasteiger partial charge on any atom is 0.254 e. The number of carbonyl (C=O) groups is 1. The number of para-hydroxylation sites is 1. The van der Waals surface area contributed by atoms with Gasteiger partial charge in [-0.05, 0) is 25.8 Å². The Kier molecular flexibility index (Phi) is 3.49. The molecule has 1 amide bonds. The van der Waals surface area contributed by atoms with Gasteiger partial charge in [-0.25, -0.2) is 0 Å². The number of aromatic amines is 1. The molecule has 0 spiro atoms. The molecule has 0 bridgehead atoms. The number of nitrogens with one attached hydrogen (secondary N) is 2. The normalized spacial score (nSPS) is 22.9. The van der Waals surface area contributed by atoms with Gasteiger partial charge < -0.3 is 15.4 Å². The van der Waals surface area contributed by atoms with Crippen LogP contribution in [0.5, 0.6) is 0 Å². The highest BCUT2D eigenvalue weighted by molar-refractivity contribution is 6.08. The summed E-state index contributed by atoms with van der Waals surface area (Å²) in [6, 6.07) is 7.68. The molecular formula is C16H20N2O2. The van der Waals surface area contributed by atoms with E-state index in [0.29, 0.717) is 5.56 Å². The molecular weight excluding hydrogens is 252 g/mol. The minimum Gasteiger partial charge on any atom is -0.391 e. The standard InChI is InChI=1S/C16H20N2O2/c1-10-15(11-6-2-3-7-12(11)17-10)16(20)18-13-8-4-5-9-14(13)19/h2-3,6-7,13-14,17,19H,4-5,8-9H2,1H3,(H,18,20)/t13-,14-/m0/s1. The second kappa shape index (κ2) is 5.29. The fourth-order valence-corrected chi connectivity index (χ4v) is 3.09. The number of rotatable bonds is 2. The van der Waals surface area contributed by atoms with Crippen molar-refractivity contribution in [1.82, 2.24) is 10.3 Å². The molecule has 20 heavy (non-hydrogen) atoms. The van der Waals surface area contributed by atoms with Crippen LogP contribution in [0.4, 0.5) is 0 Å². The number of carbonyl (C=O) groups excluding carboxylic acids is 1. The third kappa shape index (κ3) is 2.31. The first-order valence-electron chi connectivity index (χ1n) is 7.23. The van der Waals surface area contributed by atoms with Crippen LogP contribution in [-0.2, 0) is 0 Å². The van der Waals surface area contributed by atoms with Gasteiger partial charge in [-0.15, -0.1) is 0 Å². The highest BCUT2D eigenvalue weighted by Crippen LogP contribution is 2.23. The van der Waals surface area contributed by atoms with Crippen molar-refractivity contribution in [2.45, 2.75) is 44.8 Å². The zero-order valence-electron chi connectivity index (χ0n) is 11.6. The Morgan fingerprint density at radius 3 is 2.85 bits per heavy atom. The fourth-order valence-electron chi connectivity index (χ4n) is 3.09. The Bertz CT molecular complexity index is 632. The number of fused-ring (bicyclic) bond motifs is 1. The van der Waals surface area contributed by atoms with E-state index in [1.807, 2.05) is 31.2 Å². The van der Waals surface area contributed by atoms with E-state index in [4.69, 9.17) is 0 Å². The summed E-state index contributed by atoms with van der Waals surface area (Å²) in [5, 5.41) is 13.9. The second-order valence-electron chi connectivity index (χ2n) is 5.60. The minimum absolute atomic E-state index is 0.0918. The Morgan fingerprint density at radius 1 is 1.30 bits per heavy atom. The van der Waals surface area contributed by atoms with Crippen molar-refractivity contribution in [3.8, 4) is 0 Å². The minimum atomic E-state index is -0.418. The predicted octanol–water partition coefficient (Wildman–Crippen LogP) is 2.51. The van der Waals surface area contributed by atoms with E-state index in [9.17, 15) is 9.90 Å². The monoisotopic (exact) mass is 272 g/mol.